The lowest BCUT2D eigenvalue weighted by atomic mass is 10.3. The minimum absolute atomic E-state index is 0.135. The summed E-state index contributed by atoms with van der Waals surface area (Å²) >= 11 is 1.54. The zero-order chi connectivity index (χ0) is 11.4. The number of amides is 1. The van der Waals surface area contributed by atoms with Gasteiger partial charge < -0.3 is 5.32 Å². The minimum Gasteiger partial charge on any atom is -0.355 e. The molecule has 1 aliphatic rings. The molecule has 1 fully saturated rings. The fourth-order valence-corrected chi connectivity index (χ4v) is 2.40. The van der Waals surface area contributed by atoms with Gasteiger partial charge in [0.1, 0.15) is 0 Å². The summed E-state index contributed by atoms with van der Waals surface area (Å²) < 4.78 is 0. The number of carbonyl (C=O) groups excluding carboxylic acids is 1. The second-order valence-corrected chi connectivity index (χ2v) is 4.77. The Labute approximate surface area is 97.8 Å². The molecule has 0 saturated carbocycles. The maximum atomic E-state index is 11.2. The summed E-state index contributed by atoms with van der Waals surface area (Å²) in [6, 6.07) is 0. The van der Waals surface area contributed by atoms with Crippen molar-refractivity contribution in [3.05, 3.63) is 11.1 Å². The van der Waals surface area contributed by atoms with Gasteiger partial charge in [0, 0.05) is 43.7 Å². The smallest absolute Gasteiger partial charge is 0.221 e. The molecule has 0 atom stereocenters. The minimum atomic E-state index is 0.135. The second-order valence-electron chi connectivity index (χ2n) is 3.65. The highest BCUT2D eigenvalue weighted by atomic mass is 32.1. The highest BCUT2D eigenvalue weighted by Crippen LogP contribution is 2.18. The van der Waals surface area contributed by atoms with Crippen LogP contribution in [0, 0.1) is 0 Å². The molecule has 16 heavy (non-hydrogen) atoms. The fourth-order valence-electron chi connectivity index (χ4n) is 1.64. The molecule has 1 saturated heterocycles. The van der Waals surface area contributed by atoms with Gasteiger partial charge in [-0.25, -0.2) is 10.8 Å². The van der Waals surface area contributed by atoms with Crippen molar-refractivity contribution in [3.8, 4) is 0 Å². The van der Waals surface area contributed by atoms with Crippen LogP contribution in [0.4, 0.5) is 5.13 Å². The predicted octanol–water partition coefficient (Wildman–Crippen LogP) is -0.249. The van der Waals surface area contributed by atoms with Crippen LogP contribution in [-0.2, 0) is 11.3 Å². The van der Waals surface area contributed by atoms with Gasteiger partial charge in [0.05, 0.1) is 0 Å². The maximum Gasteiger partial charge on any atom is 0.221 e. The van der Waals surface area contributed by atoms with Crippen LogP contribution in [-0.4, -0.2) is 35.4 Å². The molecule has 1 aromatic rings. The molecular weight excluding hydrogens is 226 g/mol. The Hall–Kier alpha value is -1.18. The molecule has 0 radical (unpaired) electrons. The SMILES string of the molecule is NNc1ncc(CN2CCNC(=O)CC2)s1. The largest absolute Gasteiger partial charge is 0.355 e. The average Bonchev–Trinajstić information content (AvgIpc) is 2.63. The van der Waals surface area contributed by atoms with Crippen molar-refractivity contribution in [1.29, 1.82) is 0 Å². The van der Waals surface area contributed by atoms with Crippen molar-refractivity contribution in [2.75, 3.05) is 25.1 Å². The molecule has 2 heterocycles. The molecule has 88 valence electrons. The van der Waals surface area contributed by atoms with Crippen molar-refractivity contribution in [3.63, 3.8) is 0 Å². The predicted molar refractivity (Wildman–Crippen MR) is 62.8 cm³/mol. The van der Waals surface area contributed by atoms with Gasteiger partial charge in [0.25, 0.3) is 0 Å². The summed E-state index contributed by atoms with van der Waals surface area (Å²) in [5.74, 6) is 5.40. The maximum absolute atomic E-state index is 11.2. The van der Waals surface area contributed by atoms with Gasteiger partial charge in [-0.1, -0.05) is 11.3 Å². The van der Waals surface area contributed by atoms with Crippen LogP contribution in [0.5, 0.6) is 0 Å². The highest BCUT2D eigenvalue weighted by molar-refractivity contribution is 7.15. The summed E-state index contributed by atoms with van der Waals surface area (Å²) in [5, 5.41) is 3.57. The van der Waals surface area contributed by atoms with Crippen LogP contribution in [0.2, 0.25) is 0 Å². The number of rotatable bonds is 3. The molecule has 1 amide bonds. The van der Waals surface area contributed by atoms with E-state index >= 15 is 0 Å². The second kappa shape index (κ2) is 5.24. The molecule has 0 bridgehead atoms. The van der Waals surface area contributed by atoms with Gasteiger partial charge in [0.2, 0.25) is 5.91 Å². The third kappa shape index (κ3) is 2.91. The molecule has 1 aliphatic heterocycles. The first-order chi connectivity index (χ1) is 7.78. The van der Waals surface area contributed by atoms with E-state index < -0.39 is 0 Å². The quantitative estimate of drug-likeness (QED) is 0.502. The first-order valence-corrected chi connectivity index (χ1v) is 6.00. The average molecular weight is 241 g/mol. The van der Waals surface area contributed by atoms with Crippen LogP contribution in [0.3, 0.4) is 0 Å². The summed E-state index contributed by atoms with van der Waals surface area (Å²) in [6.45, 7) is 3.23. The number of aromatic nitrogens is 1. The first kappa shape index (κ1) is 11.3. The zero-order valence-corrected chi connectivity index (χ0v) is 9.72. The third-order valence-corrected chi connectivity index (χ3v) is 3.38. The van der Waals surface area contributed by atoms with E-state index in [1.807, 2.05) is 6.20 Å². The number of hydrogen-bond donors (Lipinski definition) is 3. The Kier molecular flexibility index (Phi) is 3.70. The highest BCUT2D eigenvalue weighted by Gasteiger charge is 2.14. The first-order valence-electron chi connectivity index (χ1n) is 5.18. The molecule has 1 aromatic heterocycles. The molecule has 0 aromatic carbocycles. The van der Waals surface area contributed by atoms with Gasteiger partial charge in [-0.05, 0) is 0 Å². The van der Waals surface area contributed by atoms with E-state index in [-0.39, 0.29) is 5.91 Å². The number of thiazole rings is 1. The molecule has 0 unspecified atom stereocenters. The lowest BCUT2D eigenvalue weighted by Gasteiger charge is -2.17. The molecule has 0 spiro atoms. The Morgan fingerprint density at radius 1 is 1.62 bits per heavy atom. The van der Waals surface area contributed by atoms with E-state index in [4.69, 9.17) is 5.84 Å². The molecule has 7 heteroatoms. The zero-order valence-electron chi connectivity index (χ0n) is 8.90. The molecular formula is C9H15N5OS. The number of carbonyl (C=O) groups is 1. The van der Waals surface area contributed by atoms with E-state index in [1.165, 1.54) is 11.3 Å². The van der Waals surface area contributed by atoms with Crippen molar-refractivity contribution < 1.29 is 4.79 Å². The van der Waals surface area contributed by atoms with E-state index in [1.54, 1.807) is 0 Å². The van der Waals surface area contributed by atoms with E-state index in [0.717, 1.165) is 36.2 Å². The van der Waals surface area contributed by atoms with Crippen LogP contribution >= 0.6 is 11.3 Å². The summed E-state index contributed by atoms with van der Waals surface area (Å²) in [4.78, 5) is 18.7. The number of nitrogen functional groups attached to an aromatic ring is 1. The molecule has 0 aliphatic carbocycles. The van der Waals surface area contributed by atoms with E-state index in [0.29, 0.717) is 6.42 Å². The van der Waals surface area contributed by atoms with Gasteiger partial charge in [-0.2, -0.15) is 0 Å². The number of nitrogens with two attached hydrogens (primary N) is 1. The topological polar surface area (TPSA) is 83.3 Å². The third-order valence-electron chi connectivity index (χ3n) is 2.46. The molecule has 2 rings (SSSR count). The monoisotopic (exact) mass is 241 g/mol. The van der Waals surface area contributed by atoms with Crippen molar-refractivity contribution in [1.82, 2.24) is 15.2 Å². The van der Waals surface area contributed by atoms with Crippen molar-refractivity contribution in [2.45, 2.75) is 13.0 Å². The van der Waals surface area contributed by atoms with E-state index in [2.05, 4.69) is 20.6 Å². The van der Waals surface area contributed by atoms with Gasteiger partial charge in [-0.3, -0.25) is 15.1 Å². The Morgan fingerprint density at radius 3 is 3.25 bits per heavy atom. The lowest BCUT2D eigenvalue weighted by Crippen LogP contribution is -2.27. The van der Waals surface area contributed by atoms with E-state index in [9.17, 15) is 4.79 Å². The van der Waals surface area contributed by atoms with Crippen LogP contribution < -0.4 is 16.6 Å². The number of hydrazine groups is 1. The van der Waals surface area contributed by atoms with Crippen LogP contribution in [0.15, 0.2) is 6.20 Å². The molecule has 6 nitrogen and oxygen atoms in total. The summed E-state index contributed by atoms with van der Waals surface area (Å²) in [5.41, 5.74) is 2.53. The molecule has 4 N–H and O–H groups in total. The van der Waals surface area contributed by atoms with Gasteiger partial charge >= 0.3 is 0 Å². The van der Waals surface area contributed by atoms with Crippen LogP contribution in [0.25, 0.3) is 0 Å². The van der Waals surface area contributed by atoms with Crippen molar-refractivity contribution in [2.24, 2.45) is 5.84 Å². The lowest BCUT2D eigenvalue weighted by molar-refractivity contribution is -0.120. The van der Waals surface area contributed by atoms with Gasteiger partial charge in [-0.15, -0.1) is 0 Å². The van der Waals surface area contributed by atoms with Crippen molar-refractivity contribution >= 4 is 22.4 Å². The van der Waals surface area contributed by atoms with Crippen LogP contribution in [0.1, 0.15) is 11.3 Å². The Balaban J connectivity index is 1.90. The number of nitrogens with one attached hydrogen (secondary N) is 2. The standard InChI is InChI=1S/C9H15N5OS/c10-13-9-12-5-7(16-9)6-14-3-1-8(15)11-2-4-14/h5H,1-4,6,10H2,(H,11,15)(H,12,13). The number of anilines is 1. The van der Waals surface area contributed by atoms with Gasteiger partial charge in [0.15, 0.2) is 5.13 Å². The normalized spacial score (nSPS) is 17.9. The Morgan fingerprint density at radius 2 is 2.50 bits per heavy atom. The fraction of sp³-hybridized carbons (Fsp3) is 0.556. The summed E-state index contributed by atoms with van der Waals surface area (Å²) in [6.07, 6.45) is 2.39. The number of nitrogens with zero attached hydrogens (tertiary/aromatic N) is 2. The summed E-state index contributed by atoms with van der Waals surface area (Å²) in [7, 11) is 0. The number of hydrogen-bond acceptors (Lipinski definition) is 6. The Bertz CT molecular complexity index is 367.